The van der Waals surface area contributed by atoms with E-state index in [0.29, 0.717) is 35.6 Å². The van der Waals surface area contributed by atoms with Crippen LogP contribution in [0.3, 0.4) is 0 Å². The van der Waals surface area contributed by atoms with Crippen LogP contribution < -0.4 is 4.74 Å². The highest BCUT2D eigenvalue weighted by molar-refractivity contribution is 5.59. The van der Waals surface area contributed by atoms with Crippen LogP contribution in [0.1, 0.15) is 31.7 Å². The minimum atomic E-state index is -4.41. The van der Waals surface area contributed by atoms with Crippen LogP contribution in [0.5, 0.6) is 5.88 Å². The lowest BCUT2D eigenvalue weighted by atomic mass is 10.2. The second-order valence-corrected chi connectivity index (χ2v) is 6.74. The van der Waals surface area contributed by atoms with Gasteiger partial charge in [0.05, 0.1) is 11.9 Å². The van der Waals surface area contributed by atoms with Gasteiger partial charge in [0, 0.05) is 37.1 Å². The van der Waals surface area contributed by atoms with Gasteiger partial charge in [0.1, 0.15) is 6.10 Å². The van der Waals surface area contributed by atoms with Crippen molar-refractivity contribution < 1.29 is 22.6 Å². The van der Waals surface area contributed by atoms with Crippen LogP contribution in [-0.4, -0.2) is 44.0 Å². The first-order chi connectivity index (χ1) is 13.4. The Morgan fingerprint density at radius 1 is 1.14 bits per heavy atom. The summed E-state index contributed by atoms with van der Waals surface area (Å²) in [6.45, 7) is 1.85. The van der Waals surface area contributed by atoms with Crippen LogP contribution in [-0.2, 0) is 4.74 Å². The van der Waals surface area contributed by atoms with E-state index in [2.05, 4.69) is 20.2 Å². The molecule has 148 valence electrons. The van der Waals surface area contributed by atoms with Gasteiger partial charge in [0.25, 0.3) is 0 Å². The number of hydrogen-bond donors (Lipinski definition) is 0. The molecule has 1 aliphatic rings. The quantitative estimate of drug-likeness (QED) is 0.637. The van der Waals surface area contributed by atoms with E-state index >= 15 is 0 Å². The van der Waals surface area contributed by atoms with Crippen molar-refractivity contribution in [3.8, 4) is 17.1 Å². The Balaban J connectivity index is 1.58. The van der Waals surface area contributed by atoms with Crippen molar-refractivity contribution in [1.82, 2.24) is 24.6 Å². The molecular formula is C18H18F3N5O2. The van der Waals surface area contributed by atoms with Crippen LogP contribution in [0.15, 0.2) is 30.7 Å². The molecule has 0 radical (unpaired) electrons. The topological polar surface area (TPSA) is 74.4 Å². The molecule has 0 aliphatic heterocycles. The Kier molecular flexibility index (Phi) is 4.66. The van der Waals surface area contributed by atoms with E-state index in [1.807, 2.05) is 6.92 Å². The number of methoxy groups -OCH3 is 1. The highest BCUT2D eigenvalue weighted by atomic mass is 19.4. The molecule has 4 rings (SSSR count). The molecule has 1 saturated carbocycles. The normalized spacial score (nSPS) is 16.9. The van der Waals surface area contributed by atoms with E-state index in [-0.39, 0.29) is 12.0 Å². The molecule has 2 unspecified atom stereocenters. The molecule has 0 saturated heterocycles. The number of ether oxygens (including phenoxy) is 2. The number of fused-ring (bicyclic) bond motifs is 1. The molecule has 1 fully saturated rings. The highest BCUT2D eigenvalue weighted by Gasteiger charge is 2.51. The molecule has 0 aromatic carbocycles. The van der Waals surface area contributed by atoms with Crippen molar-refractivity contribution in [2.45, 2.75) is 38.1 Å². The molecule has 3 aromatic rings. The zero-order valence-electron chi connectivity index (χ0n) is 15.2. The van der Waals surface area contributed by atoms with Crippen molar-refractivity contribution >= 4 is 5.65 Å². The van der Waals surface area contributed by atoms with Crippen molar-refractivity contribution in [2.75, 3.05) is 7.11 Å². The molecule has 0 bridgehead atoms. The molecule has 10 heteroatoms. The van der Waals surface area contributed by atoms with E-state index in [9.17, 15) is 13.2 Å². The zero-order chi connectivity index (χ0) is 19.9. The van der Waals surface area contributed by atoms with Gasteiger partial charge >= 0.3 is 6.18 Å². The fourth-order valence-electron chi connectivity index (χ4n) is 2.91. The molecule has 2 atom stereocenters. The number of aromatic nitrogens is 5. The molecule has 3 aromatic heterocycles. The van der Waals surface area contributed by atoms with Gasteiger partial charge in [-0.05, 0) is 25.8 Å². The van der Waals surface area contributed by atoms with Crippen LogP contribution >= 0.6 is 0 Å². The maximum Gasteiger partial charge on any atom is 0.425 e. The lowest BCUT2D eigenvalue weighted by Gasteiger charge is -2.20. The average Bonchev–Trinajstić information content (AvgIpc) is 3.43. The summed E-state index contributed by atoms with van der Waals surface area (Å²) in [6, 6.07) is 3.05. The number of alkyl halides is 3. The summed E-state index contributed by atoms with van der Waals surface area (Å²) in [4.78, 5) is 8.35. The summed E-state index contributed by atoms with van der Waals surface area (Å²) >= 11 is 0. The summed E-state index contributed by atoms with van der Waals surface area (Å²) < 4.78 is 51.5. The zero-order valence-corrected chi connectivity index (χ0v) is 15.2. The summed E-state index contributed by atoms with van der Waals surface area (Å²) in [7, 11) is 1.58. The maximum atomic E-state index is 13.1. The SMILES string of the molecule is COC(C)c1nnc2cnc(-c3ccc(OC(C4CC4)C(F)(F)F)nc3)cn12. The monoisotopic (exact) mass is 393 g/mol. The number of rotatable bonds is 6. The Labute approximate surface area is 158 Å². The molecular weight excluding hydrogens is 375 g/mol. The molecule has 0 N–H and O–H groups in total. The molecule has 0 spiro atoms. The van der Waals surface area contributed by atoms with Gasteiger partial charge in [-0.15, -0.1) is 10.2 Å². The minimum absolute atomic E-state index is 0.0583. The fraction of sp³-hybridized carbons (Fsp3) is 0.444. The third-order valence-electron chi connectivity index (χ3n) is 4.69. The van der Waals surface area contributed by atoms with E-state index in [0.717, 1.165) is 0 Å². The fourth-order valence-corrected chi connectivity index (χ4v) is 2.91. The minimum Gasteiger partial charge on any atom is -0.464 e. The third kappa shape index (κ3) is 3.64. The second kappa shape index (κ2) is 7.01. The Morgan fingerprint density at radius 3 is 2.54 bits per heavy atom. The van der Waals surface area contributed by atoms with E-state index in [1.54, 1.807) is 30.0 Å². The highest BCUT2D eigenvalue weighted by Crippen LogP contribution is 2.42. The van der Waals surface area contributed by atoms with Gasteiger partial charge in [0.15, 0.2) is 17.6 Å². The predicted octanol–water partition coefficient (Wildman–Crippen LogP) is 3.61. The Hall–Kier alpha value is -2.75. The molecule has 7 nitrogen and oxygen atoms in total. The lowest BCUT2D eigenvalue weighted by Crippen LogP contribution is -2.36. The van der Waals surface area contributed by atoms with Crippen molar-refractivity contribution in [2.24, 2.45) is 5.92 Å². The third-order valence-corrected chi connectivity index (χ3v) is 4.69. The standard InChI is InChI=1S/C18H18F3N5O2/c1-10(27-2)17-25-24-14-8-22-13(9-26(14)17)12-5-6-15(23-7-12)28-16(11-3-4-11)18(19,20)21/h5-11,16H,3-4H2,1-2H3. The van der Waals surface area contributed by atoms with Crippen LogP contribution in [0.2, 0.25) is 0 Å². The van der Waals surface area contributed by atoms with E-state index in [1.165, 1.54) is 12.3 Å². The summed E-state index contributed by atoms with van der Waals surface area (Å²) in [5.74, 6) is 0.0732. The van der Waals surface area contributed by atoms with E-state index < -0.39 is 18.2 Å². The smallest absolute Gasteiger partial charge is 0.425 e. The van der Waals surface area contributed by atoms with Crippen molar-refractivity contribution in [1.29, 1.82) is 0 Å². The van der Waals surface area contributed by atoms with E-state index in [4.69, 9.17) is 9.47 Å². The number of hydrogen-bond acceptors (Lipinski definition) is 6. The second-order valence-electron chi connectivity index (χ2n) is 6.74. The van der Waals surface area contributed by atoms with Crippen LogP contribution in [0.4, 0.5) is 13.2 Å². The van der Waals surface area contributed by atoms with Gasteiger partial charge in [-0.3, -0.25) is 9.38 Å². The van der Waals surface area contributed by atoms with Crippen LogP contribution in [0, 0.1) is 5.92 Å². The van der Waals surface area contributed by atoms with Gasteiger partial charge in [-0.25, -0.2) is 4.98 Å². The predicted molar refractivity (Wildman–Crippen MR) is 92.6 cm³/mol. The van der Waals surface area contributed by atoms with Gasteiger partial charge in [0.2, 0.25) is 5.88 Å². The van der Waals surface area contributed by atoms with Crippen LogP contribution in [0.25, 0.3) is 16.9 Å². The number of pyridine rings is 1. The summed E-state index contributed by atoms with van der Waals surface area (Å²) in [6.07, 6.45) is -0.701. The summed E-state index contributed by atoms with van der Waals surface area (Å²) in [5, 5.41) is 8.14. The van der Waals surface area contributed by atoms with Crippen molar-refractivity contribution in [3.05, 3.63) is 36.5 Å². The molecule has 0 amide bonds. The first kappa shape index (κ1) is 18.6. The molecule has 3 heterocycles. The van der Waals surface area contributed by atoms with Gasteiger partial charge in [-0.1, -0.05) is 0 Å². The number of halogens is 3. The largest absolute Gasteiger partial charge is 0.464 e. The number of nitrogens with zero attached hydrogens (tertiary/aromatic N) is 5. The first-order valence-corrected chi connectivity index (χ1v) is 8.80. The molecule has 28 heavy (non-hydrogen) atoms. The average molecular weight is 393 g/mol. The van der Waals surface area contributed by atoms with Gasteiger partial charge < -0.3 is 9.47 Å². The van der Waals surface area contributed by atoms with Crippen molar-refractivity contribution in [3.63, 3.8) is 0 Å². The Morgan fingerprint density at radius 2 is 1.93 bits per heavy atom. The van der Waals surface area contributed by atoms with Gasteiger partial charge in [-0.2, -0.15) is 13.2 Å². The maximum absolute atomic E-state index is 13.1. The molecule has 1 aliphatic carbocycles. The Bertz CT molecular complexity index is 970. The first-order valence-electron chi connectivity index (χ1n) is 8.80. The summed E-state index contributed by atoms with van der Waals surface area (Å²) in [5.41, 5.74) is 1.77. The lowest BCUT2D eigenvalue weighted by molar-refractivity contribution is -0.201.